The SMILES string of the molecule is CCOC(=O)CCC[n+]1ccc(C=Cc2ccc(C=O)cc2)cc1.[Br-]. The zero-order chi connectivity index (χ0) is 17.2. The first-order valence-electron chi connectivity index (χ1n) is 8.09. The van der Waals surface area contributed by atoms with Gasteiger partial charge in [-0.05, 0) is 18.1 Å². The number of hydrogen-bond donors (Lipinski definition) is 0. The number of carbonyl (C=O) groups is 2. The zero-order valence-corrected chi connectivity index (χ0v) is 15.8. The smallest absolute Gasteiger partial charge is 0.306 e. The Morgan fingerprint density at radius 1 is 1.00 bits per heavy atom. The van der Waals surface area contributed by atoms with Crippen molar-refractivity contribution in [1.82, 2.24) is 0 Å². The van der Waals surface area contributed by atoms with E-state index in [0.717, 1.165) is 30.4 Å². The fourth-order valence-electron chi connectivity index (χ4n) is 2.25. The topological polar surface area (TPSA) is 47.2 Å². The Kier molecular flexibility index (Phi) is 9.40. The van der Waals surface area contributed by atoms with Gasteiger partial charge in [0.05, 0.1) is 13.0 Å². The van der Waals surface area contributed by atoms with Crippen molar-refractivity contribution >= 4 is 24.4 Å². The Labute approximate surface area is 158 Å². The van der Waals surface area contributed by atoms with Crippen LogP contribution in [0.4, 0.5) is 0 Å². The van der Waals surface area contributed by atoms with Crippen LogP contribution in [-0.4, -0.2) is 18.9 Å². The molecule has 0 spiro atoms. The molecular weight excluding hydrogens is 382 g/mol. The largest absolute Gasteiger partial charge is 1.00 e. The molecule has 0 amide bonds. The highest BCUT2D eigenvalue weighted by molar-refractivity contribution is 5.76. The van der Waals surface area contributed by atoms with Gasteiger partial charge in [0.2, 0.25) is 0 Å². The van der Waals surface area contributed by atoms with Crippen molar-refractivity contribution in [1.29, 1.82) is 0 Å². The number of halogens is 1. The Balaban J connectivity index is 0.00000312. The van der Waals surface area contributed by atoms with Gasteiger partial charge >= 0.3 is 5.97 Å². The number of rotatable bonds is 8. The predicted molar refractivity (Wildman–Crippen MR) is 93.3 cm³/mol. The molecule has 2 aromatic rings. The van der Waals surface area contributed by atoms with Gasteiger partial charge in [0.25, 0.3) is 0 Å². The molecule has 1 aromatic carbocycles. The number of benzene rings is 1. The summed E-state index contributed by atoms with van der Waals surface area (Å²) in [4.78, 5) is 21.9. The maximum atomic E-state index is 11.3. The highest BCUT2D eigenvalue weighted by atomic mass is 79.9. The summed E-state index contributed by atoms with van der Waals surface area (Å²) in [6.07, 6.45) is 10.1. The third kappa shape index (κ3) is 7.44. The number of carbonyl (C=O) groups excluding carboxylic acids is 2. The van der Waals surface area contributed by atoms with Crippen LogP contribution >= 0.6 is 0 Å². The zero-order valence-electron chi connectivity index (χ0n) is 14.2. The number of esters is 1. The van der Waals surface area contributed by atoms with Crippen LogP contribution in [0.15, 0.2) is 48.8 Å². The molecule has 0 bridgehead atoms. The minimum atomic E-state index is -0.141. The van der Waals surface area contributed by atoms with Crippen molar-refractivity contribution in [3.8, 4) is 0 Å². The molecule has 2 rings (SSSR count). The number of aryl methyl sites for hydroxylation is 1. The maximum absolute atomic E-state index is 11.3. The number of aromatic nitrogens is 1. The highest BCUT2D eigenvalue weighted by Gasteiger charge is 2.05. The Bertz CT molecular complexity index is 694. The lowest BCUT2D eigenvalue weighted by Gasteiger charge is -2.00. The monoisotopic (exact) mass is 403 g/mol. The molecule has 0 atom stereocenters. The van der Waals surface area contributed by atoms with E-state index < -0.39 is 0 Å². The van der Waals surface area contributed by atoms with Crippen LogP contribution in [0.2, 0.25) is 0 Å². The van der Waals surface area contributed by atoms with E-state index >= 15 is 0 Å². The fourth-order valence-corrected chi connectivity index (χ4v) is 2.25. The standard InChI is InChI=1S/C20H22NO3.BrH/c1-2-24-20(23)4-3-13-21-14-11-18(12-15-21)6-5-17-7-9-19(16-22)10-8-17;/h5-12,14-16H,2-4,13H2,1H3;1H/q+1;/p-1. The lowest BCUT2D eigenvalue weighted by Crippen LogP contribution is -3.00. The van der Waals surface area contributed by atoms with E-state index in [0.29, 0.717) is 18.6 Å². The number of nitrogens with zero attached hydrogens (tertiary/aromatic N) is 1. The third-order valence-electron chi connectivity index (χ3n) is 3.56. The van der Waals surface area contributed by atoms with Crippen molar-refractivity contribution in [2.75, 3.05) is 6.61 Å². The molecule has 132 valence electrons. The summed E-state index contributed by atoms with van der Waals surface area (Å²) in [5.74, 6) is -0.141. The summed E-state index contributed by atoms with van der Waals surface area (Å²) >= 11 is 0. The van der Waals surface area contributed by atoms with Gasteiger partial charge in [-0.3, -0.25) is 9.59 Å². The summed E-state index contributed by atoms with van der Waals surface area (Å²) in [7, 11) is 0. The molecule has 0 fully saturated rings. The van der Waals surface area contributed by atoms with Gasteiger partial charge in [0.1, 0.15) is 12.8 Å². The molecule has 0 aliphatic carbocycles. The van der Waals surface area contributed by atoms with Crippen LogP contribution in [0.3, 0.4) is 0 Å². The van der Waals surface area contributed by atoms with Crippen LogP contribution < -0.4 is 21.5 Å². The minimum absolute atomic E-state index is 0. The molecule has 0 radical (unpaired) electrons. The molecule has 0 aliphatic rings. The van der Waals surface area contributed by atoms with Gasteiger partial charge < -0.3 is 21.7 Å². The first kappa shape index (κ1) is 20.8. The summed E-state index contributed by atoms with van der Waals surface area (Å²) in [6, 6.07) is 11.5. The molecule has 4 nitrogen and oxygen atoms in total. The van der Waals surface area contributed by atoms with Crippen LogP contribution in [0.5, 0.6) is 0 Å². The molecule has 25 heavy (non-hydrogen) atoms. The summed E-state index contributed by atoms with van der Waals surface area (Å²) in [5.41, 5.74) is 2.82. The average Bonchev–Trinajstić information content (AvgIpc) is 2.62. The molecule has 0 saturated carbocycles. The average molecular weight is 404 g/mol. The molecule has 5 heteroatoms. The molecule has 0 unspecified atom stereocenters. The minimum Gasteiger partial charge on any atom is -1.00 e. The molecule has 1 aromatic heterocycles. The van der Waals surface area contributed by atoms with E-state index in [4.69, 9.17) is 4.74 Å². The molecule has 0 aliphatic heterocycles. The van der Waals surface area contributed by atoms with E-state index in [9.17, 15) is 9.59 Å². The van der Waals surface area contributed by atoms with Crippen LogP contribution in [0, 0.1) is 0 Å². The summed E-state index contributed by atoms with van der Waals surface area (Å²) in [5, 5.41) is 0. The molecule has 0 N–H and O–H groups in total. The Hall–Kier alpha value is -2.27. The Morgan fingerprint density at radius 3 is 2.12 bits per heavy atom. The number of pyridine rings is 1. The lowest BCUT2D eigenvalue weighted by atomic mass is 10.1. The van der Waals surface area contributed by atoms with Crippen molar-refractivity contribution < 1.29 is 35.9 Å². The third-order valence-corrected chi connectivity index (χ3v) is 3.56. The summed E-state index contributed by atoms with van der Waals surface area (Å²) in [6.45, 7) is 3.04. The van der Waals surface area contributed by atoms with E-state index in [-0.39, 0.29) is 23.0 Å². The van der Waals surface area contributed by atoms with Gasteiger partial charge in [-0.25, -0.2) is 4.57 Å². The van der Waals surface area contributed by atoms with Gasteiger partial charge in [0.15, 0.2) is 12.4 Å². The van der Waals surface area contributed by atoms with Crippen molar-refractivity contribution in [3.63, 3.8) is 0 Å². The second kappa shape index (κ2) is 11.3. The van der Waals surface area contributed by atoms with Gasteiger partial charge in [-0.15, -0.1) is 0 Å². The van der Waals surface area contributed by atoms with Gasteiger partial charge in [-0.1, -0.05) is 36.4 Å². The van der Waals surface area contributed by atoms with Crippen LogP contribution in [-0.2, 0) is 16.1 Å². The van der Waals surface area contributed by atoms with E-state index in [1.807, 2.05) is 55.7 Å². The quantitative estimate of drug-likeness (QED) is 0.362. The van der Waals surface area contributed by atoms with Crippen molar-refractivity contribution in [2.45, 2.75) is 26.3 Å². The van der Waals surface area contributed by atoms with Crippen molar-refractivity contribution in [3.05, 3.63) is 65.5 Å². The molecular formula is C20H22BrNO3. The Morgan fingerprint density at radius 2 is 1.56 bits per heavy atom. The molecule has 0 saturated heterocycles. The number of hydrogen-bond acceptors (Lipinski definition) is 3. The maximum Gasteiger partial charge on any atom is 0.306 e. The second-order valence-electron chi connectivity index (χ2n) is 5.40. The molecule has 1 heterocycles. The van der Waals surface area contributed by atoms with E-state index in [1.54, 1.807) is 12.1 Å². The van der Waals surface area contributed by atoms with Gasteiger partial charge in [-0.2, -0.15) is 0 Å². The first-order valence-corrected chi connectivity index (χ1v) is 8.09. The fraction of sp³-hybridized carbons (Fsp3) is 0.250. The number of ether oxygens (including phenoxy) is 1. The summed E-state index contributed by atoms with van der Waals surface area (Å²) < 4.78 is 6.96. The van der Waals surface area contributed by atoms with Crippen LogP contribution in [0.1, 0.15) is 41.3 Å². The first-order chi connectivity index (χ1) is 11.7. The second-order valence-corrected chi connectivity index (χ2v) is 5.40. The predicted octanol–water partition coefficient (Wildman–Crippen LogP) is 0.304. The number of aldehydes is 1. The van der Waals surface area contributed by atoms with E-state index in [2.05, 4.69) is 4.57 Å². The van der Waals surface area contributed by atoms with E-state index in [1.165, 1.54) is 0 Å². The lowest BCUT2D eigenvalue weighted by molar-refractivity contribution is -0.697. The highest BCUT2D eigenvalue weighted by Crippen LogP contribution is 2.08. The van der Waals surface area contributed by atoms with Crippen molar-refractivity contribution in [2.24, 2.45) is 0 Å². The van der Waals surface area contributed by atoms with Crippen LogP contribution in [0.25, 0.3) is 12.2 Å². The normalized spacial score (nSPS) is 10.3. The van der Waals surface area contributed by atoms with Gasteiger partial charge in [0, 0.05) is 24.1 Å².